The van der Waals surface area contributed by atoms with Crippen LogP contribution in [0.25, 0.3) is 10.8 Å². The molecule has 1 aromatic carbocycles. The zero-order valence-corrected chi connectivity index (χ0v) is 17.6. The number of pyridine rings is 1. The van der Waals surface area contributed by atoms with Crippen LogP contribution in [0.5, 0.6) is 0 Å². The molecule has 0 saturated heterocycles. The molecule has 2 bridgehead atoms. The molecule has 2 aliphatic rings. The lowest BCUT2D eigenvalue weighted by Gasteiger charge is -2.38. The van der Waals surface area contributed by atoms with E-state index in [9.17, 15) is 0 Å². The Morgan fingerprint density at radius 1 is 1.11 bits per heavy atom. The molecule has 0 amide bonds. The van der Waals surface area contributed by atoms with E-state index in [1.165, 1.54) is 27.5 Å². The lowest BCUT2D eigenvalue weighted by Crippen LogP contribution is -2.24. The smallest absolute Gasteiger partial charge is 0.0588 e. The predicted molar refractivity (Wildman–Crippen MR) is 122 cm³/mol. The highest BCUT2D eigenvalue weighted by Crippen LogP contribution is 2.48. The summed E-state index contributed by atoms with van der Waals surface area (Å²) < 4.78 is 0. The molecule has 1 heterocycles. The molecule has 1 fully saturated rings. The summed E-state index contributed by atoms with van der Waals surface area (Å²) in [5.41, 5.74) is 5.83. The molecule has 0 radical (unpaired) electrons. The third kappa shape index (κ3) is 3.94. The monoisotopic (exact) mass is 369 g/mol. The highest BCUT2D eigenvalue weighted by Gasteiger charge is 2.33. The highest BCUT2D eigenvalue weighted by atomic mass is 14.7. The van der Waals surface area contributed by atoms with Crippen molar-refractivity contribution < 1.29 is 0 Å². The summed E-state index contributed by atoms with van der Waals surface area (Å²) in [6.07, 6.45) is 17.5. The first-order valence-electron chi connectivity index (χ1n) is 10.1. The third-order valence-electron chi connectivity index (χ3n) is 5.84. The Hall–Kier alpha value is -2.67. The summed E-state index contributed by atoms with van der Waals surface area (Å²) in [5, 5.41) is 2.51. The molecule has 1 nitrogen and oxygen atoms in total. The number of aromatic nitrogens is 1. The second-order valence-electron chi connectivity index (χ2n) is 8.05. The zero-order chi connectivity index (χ0) is 20.1. The Bertz CT molecular complexity index is 977. The molecular weight excluding hydrogens is 338 g/mol. The fourth-order valence-corrected chi connectivity index (χ4v) is 4.21. The van der Waals surface area contributed by atoms with Crippen LogP contribution >= 0.6 is 0 Å². The van der Waals surface area contributed by atoms with Gasteiger partial charge in [0.25, 0.3) is 0 Å². The molecule has 4 rings (SSSR count). The van der Waals surface area contributed by atoms with Gasteiger partial charge in [-0.2, -0.15) is 0 Å². The maximum atomic E-state index is 4.76. The summed E-state index contributed by atoms with van der Waals surface area (Å²) in [6.45, 7) is 12.1. The van der Waals surface area contributed by atoms with Crippen LogP contribution in [0.4, 0.5) is 0 Å². The Balaban J connectivity index is 0.000000706. The first kappa shape index (κ1) is 20.1. The topological polar surface area (TPSA) is 12.9 Å². The van der Waals surface area contributed by atoms with Crippen molar-refractivity contribution in [3.05, 3.63) is 102 Å². The van der Waals surface area contributed by atoms with Crippen molar-refractivity contribution in [3.63, 3.8) is 0 Å². The molecule has 0 spiro atoms. The predicted octanol–water partition coefficient (Wildman–Crippen LogP) is 7.70. The van der Waals surface area contributed by atoms with Crippen LogP contribution in [0.1, 0.15) is 52.1 Å². The number of benzene rings is 1. The highest BCUT2D eigenvalue weighted by molar-refractivity contribution is 5.85. The Labute approximate surface area is 169 Å². The first-order valence-corrected chi connectivity index (χ1v) is 10.1. The van der Waals surface area contributed by atoms with Crippen molar-refractivity contribution in [3.8, 4) is 0 Å². The van der Waals surface area contributed by atoms with Gasteiger partial charge in [0, 0.05) is 22.9 Å². The molecule has 0 aliphatic heterocycles. The van der Waals surface area contributed by atoms with Crippen LogP contribution < -0.4 is 0 Å². The van der Waals surface area contributed by atoms with Crippen LogP contribution in [-0.2, 0) is 0 Å². The molecule has 1 atom stereocenters. The fourth-order valence-electron chi connectivity index (χ4n) is 4.21. The van der Waals surface area contributed by atoms with Gasteiger partial charge in [0.2, 0.25) is 0 Å². The minimum Gasteiger partial charge on any atom is -0.260 e. The molecule has 1 unspecified atom stereocenters. The number of allylic oxidation sites excluding steroid dienone is 9. The summed E-state index contributed by atoms with van der Waals surface area (Å²) >= 11 is 0. The van der Waals surface area contributed by atoms with Crippen molar-refractivity contribution in [2.24, 2.45) is 5.41 Å². The van der Waals surface area contributed by atoms with Crippen molar-refractivity contribution in [1.82, 2.24) is 4.98 Å². The molecule has 28 heavy (non-hydrogen) atoms. The number of hydrogen-bond donors (Lipinski definition) is 0. The van der Waals surface area contributed by atoms with Gasteiger partial charge in [0.05, 0.1) is 5.69 Å². The summed E-state index contributed by atoms with van der Waals surface area (Å²) in [5.74, 6) is 0.217. The average molecular weight is 370 g/mol. The maximum Gasteiger partial charge on any atom is 0.0588 e. The van der Waals surface area contributed by atoms with Crippen molar-refractivity contribution in [1.29, 1.82) is 0 Å². The maximum absolute atomic E-state index is 4.76. The van der Waals surface area contributed by atoms with Crippen LogP contribution in [0.2, 0.25) is 0 Å². The Morgan fingerprint density at radius 3 is 2.61 bits per heavy atom. The lowest BCUT2D eigenvalue weighted by atomic mass is 9.66. The largest absolute Gasteiger partial charge is 0.260 e. The van der Waals surface area contributed by atoms with E-state index >= 15 is 0 Å². The zero-order valence-electron chi connectivity index (χ0n) is 17.6. The van der Waals surface area contributed by atoms with Crippen molar-refractivity contribution >= 4 is 10.8 Å². The van der Waals surface area contributed by atoms with Gasteiger partial charge in [-0.3, -0.25) is 4.98 Å². The normalized spacial score (nSPS) is 25.4. The number of hydrogen-bond acceptors (Lipinski definition) is 1. The van der Waals surface area contributed by atoms with Gasteiger partial charge in [-0.1, -0.05) is 91.3 Å². The van der Waals surface area contributed by atoms with Crippen LogP contribution in [0.3, 0.4) is 0 Å². The van der Waals surface area contributed by atoms with Crippen LogP contribution in [0, 0.1) is 5.41 Å². The van der Waals surface area contributed by atoms with Crippen LogP contribution in [0.15, 0.2) is 96.3 Å². The second kappa shape index (κ2) is 8.56. The summed E-state index contributed by atoms with van der Waals surface area (Å²) in [4.78, 5) is 4.76. The lowest BCUT2D eigenvalue weighted by molar-refractivity contribution is 0.480. The molecule has 2 aromatic rings. The number of fused-ring (bicyclic) bond motifs is 3. The van der Waals surface area contributed by atoms with Gasteiger partial charge >= 0.3 is 0 Å². The third-order valence-corrected chi connectivity index (χ3v) is 5.84. The summed E-state index contributed by atoms with van der Waals surface area (Å²) in [6, 6.07) is 10.7. The van der Waals surface area contributed by atoms with Gasteiger partial charge in [-0.05, 0) is 38.1 Å². The van der Waals surface area contributed by atoms with Gasteiger partial charge in [0.1, 0.15) is 0 Å². The van der Waals surface area contributed by atoms with Gasteiger partial charge in [-0.15, -0.1) is 6.58 Å². The average Bonchev–Trinajstić information content (AvgIpc) is 2.67. The van der Waals surface area contributed by atoms with E-state index in [4.69, 9.17) is 4.98 Å². The summed E-state index contributed by atoms with van der Waals surface area (Å²) in [7, 11) is 0. The van der Waals surface area contributed by atoms with Crippen molar-refractivity contribution in [2.45, 2.75) is 46.5 Å². The van der Waals surface area contributed by atoms with Gasteiger partial charge in [-0.25, -0.2) is 0 Å². The van der Waals surface area contributed by atoms with Gasteiger partial charge < -0.3 is 0 Å². The van der Waals surface area contributed by atoms with E-state index in [1.54, 1.807) is 6.08 Å². The number of rotatable bonds is 1. The minimum atomic E-state index is 0.125. The van der Waals surface area contributed by atoms with E-state index in [-0.39, 0.29) is 11.3 Å². The van der Waals surface area contributed by atoms with E-state index in [1.807, 2.05) is 13.1 Å². The first-order chi connectivity index (χ1) is 13.5. The number of nitrogens with zero attached hydrogens (tertiary/aromatic N) is 1. The Kier molecular flexibility index (Phi) is 6.14. The van der Waals surface area contributed by atoms with Crippen LogP contribution in [-0.4, -0.2) is 4.98 Å². The molecule has 1 aromatic heterocycles. The molecule has 2 aliphatic carbocycles. The van der Waals surface area contributed by atoms with E-state index in [2.05, 4.69) is 88.1 Å². The standard InChI is InChI=1S/C24H25N.C3H6/c1-4-20-14-17-8-7-10-19(16-21(15-17)24(20,2)3)23-22-11-6-5-9-18(22)12-13-25-23;1-3-2/h4-13,16,19H,14-15H2,1-3H3;3H,1H2,2H3/b10-7?,17-8-,20-4+,21-16+;. The molecule has 1 heteroatoms. The molecule has 144 valence electrons. The van der Waals surface area contributed by atoms with Gasteiger partial charge in [0.15, 0.2) is 0 Å². The minimum absolute atomic E-state index is 0.125. The SMILES string of the molecule is C/C=C1\C/C2=C/C=CC(c3nccc4ccccc34)/C=C(\C2)C1(C)C.C=CC. The van der Waals surface area contributed by atoms with E-state index < -0.39 is 0 Å². The molecule has 1 saturated carbocycles. The quantitative estimate of drug-likeness (QED) is 0.469. The van der Waals surface area contributed by atoms with E-state index in [0.717, 1.165) is 18.5 Å². The van der Waals surface area contributed by atoms with Crippen molar-refractivity contribution in [2.75, 3.05) is 0 Å². The fraction of sp³-hybridized carbons (Fsp3) is 0.296. The Morgan fingerprint density at radius 2 is 1.86 bits per heavy atom. The van der Waals surface area contributed by atoms with E-state index in [0.29, 0.717) is 0 Å². The second-order valence-corrected chi connectivity index (χ2v) is 8.05. The molecular formula is C27H31N. The molecule has 0 N–H and O–H groups in total.